The summed E-state index contributed by atoms with van der Waals surface area (Å²) in [6.45, 7) is 0. The third-order valence-corrected chi connectivity index (χ3v) is 6.39. The smallest absolute Gasteiger partial charge is 0.406 e. The minimum absolute atomic E-state index is 0.0130. The zero-order valence-corrected chi connectivity index (χ0v) is 19.6. The Morgan fingerprint density at radius 1 is 0.615 bits per heavy atom. The van der Waals surface area contributed by atoms with E-state index in [4.69, 9.17) is 0 Å². The van der Waals surface area contributed by atoms with Crippen LogP contribution in [0.4, 0.5) is 13.2 Å². The summed E-state index contributed by atoms with van der Waals surface area (Å²) < 4.78 is 42.8. The van der Waals surface area contributed by atoms with Crippen molar-refractivity contribution in [3.63, 3.8) is 0 Å². The Balaban J connectivity index is 1.80. The zero-order chi connectivity index (χ0) is 27.9. The van der Waals surface area contributed by atoms with Gasteiger partial charge in [0.25, 0.3) is 0 Å². The van der Waals surface area contributed by atoms with Gasteiger partial charge in [0.1, 0.15) is 47.2 Å². The van der Waals surface area contributed by atoms with Crippen molar-refractivity contribution in [3.05, 3.63) is 99.6 Å². The maximum atomic E-state index is 12.9. The SMILES string of the molecule is N#CC(C#N)=C1C(c2ccc3c(c2)C(=C(C#N)C#N)c2ccccc2-3)=C(C#N)c2ccc(OC(F)(F)F)cc21. The maximum Gasteiger partial charge on any atom is 0.573 e. The molecule has 2 aliphatic carbocycles. The summed E-state index contributed by atoms with van der Waals surface area (Å²) in [6, 6.07) is 25.1. The van der Waals surface area contributed by atoms with E-state index in [0.29, 0.717) is 22.3 Å². The molecule has 0 radical (unpaired) electrons. The monoisotopic (exact) mass is 513 g/mol. The molecule has 0 fully saturated rings. The van der Waals surface area contributed by atoms with Gasteiger partial charge in [0, 0.05) is 22.3 Å². The Labute approximate surface area is 219 Å². The Kier molecular flexibility index (Phi) is 5.74. The van der Waals surface area contributed by atoms with Gasteiger partial charge in [0.05, 0.1) is 5.57 Å². The normalized spacial score (nSPS) is 12.7. The molecular weight excluding hydrogens is 503 g/mol. The highest BCUT2D eigenvalue weighted by atomic mass is 19.4. The van der Waals surface area contributed by atoms with Crippen LogP contribution in [0.25, 0.3) is 33.4 Å². The fourth-order valence-electron chi connectivity index (χ4n) is 4.97. The maximum absolute atomic E-state index is 12.9. The van der Waals surface area contributed by atoms with Crippen LogP contribution in [0.2, 0.25) is 0 Å². The van der Waals surface area contributed by atoms with E-state index in [1.165, 1.54) is 6.07 Å². The number of fused-ring (bicyclic) bond motifs is 4. The molecule has 182 valence electrons. The summed E-state index contributed by atoms with van der Waals surface area (Å²) in [5.74, 6) is -0.574. The van der Waals surface area contributed by atoms with E-state index in [9.17, 15) is 39.5 Å². The fraction of sp³-hybridized carbons (Fsp3) is 0.0333. The molecule has 0 saturated heterocycles. The summed E-state index contributed by atoms with van der Waals surface area (Å²) in [6.07, 6.45) is -4.98. The molecule has 0 bridgehead atoms. The molecule has 5 rings (SSSR count). The number of allylic oxidation sites excluding steroid dienone is 5. The lowest BCUT2D eigenvalue weighted by molar-refractivity contribution is -0.274. The van der Waals surface area contributed by atoms with Gasteiger partial charge in [-0.25, -0.2) is 0 Å². The molecule has 0 heterocycles. The lowest BCUT2D eigenvalue weighted by Crippen LogP contribution is -2.17. The molecule has 3 aromatic rings. The van der Waals surface area contributed by atoms with Gasteiger partial charge in [-0.15, -0.1) is 13.2 Å². The van der Waals surface area contributed by atoms with Crippen LogP contribution < -0.4 is 4.74 Å². The van der Waals surface area contributed by atoms with Gasteiger partial charge in [-0.1, -0.05) is 36.4 Å². The molecule has 0 aromatic heterocycles. The number of benzene rings is 3. The predicted molar refractivity (Wildman–Crippen MR) is 133 cm³/mol. The average Bonchev–Trinajstić information content (AvgIpc) is 3.42. The number of hydrogen-bond donors (Lipinski definition) is 0. The van der Waals surface area contributed by atoms with E-state index in [-0.39, 0.29) is 33.4 Å². The molecule has 0 saturated carbocycles. The van der Waals surface area contributed by atoms with Crippen LogP contribution in [0.15, 0.2) is 71.8 Å². The molecule has 0 N–H and O–H groups in total. The highest BCUT2D eigenvalue weighted by Gasteiger charge is 2.35. The first-order valence-corrected chi connectivity index (χ1v) is 11.1. The first-order chi connectivity index (χ1) is 18.8. The molecule has 0 aliphatic heterocycles. The second kappa shape index (κ2) is 9.10. The Morgan fingerprint density at radius 2 is 1.18 bits per heavy atom. The molecule has 39 heavy (non-hydrogen) atoms. The van der Waals surface area contributed by atoms with Crippen molar-refractivity contribution in [2.45, 2.75) is 6.36 Å². The van der Waals surface area contributed by atoms with Gasteiger partial charge in [0.2, 0.25) is 0 Å². The fourth-order valence-corrected chi connectivity index (χ4v) is 4.97. The van der Waals surface area contributed by atoms with E-state index in [1.807, 2.05) is 24.3 Å². The molecule has 6 nitrogen and oxygen atoms in total. The van der Waals surface area contributed by atoms with E-state index in [2.05, 4.69) is 10.8 Å². The lowest BCUT2D eigenvalue weighted by Gasteiger charge is -2.12. The molecule has 0 unspecified atom stereocenters. The van der Waals surface area contributed by atoms with Gasteiger partial charge in [-0.05, 0) is 57.6 Å². The topological polar surface area (TPSA) is 128 Å². The molecule has 2 aliphatic rings. The summed E-state index contributed by atoms with van der Waals surface area (Å²) in [5, 5.41) is 48.8. The summed E-state index contributed by atoms with van der Waals surface area (Å²) in [5.41, 5.74) is 3.46. The van der Waals surface area contributed by atoms with Crippen LogP contribution in [0.3, 0.4) is 0 Å². The molecule has 0 atom stereocenters. The Hall–Kier alpha value is -6.08. The van der Waals surface area contributed by atoms with Gasteiger partial charge in [-0.3, -0.25) is 0 Å². The zero-order valence-electron chi connectivity index (χ0n) is 19.6. The van der Waals surface area contributed by atoms with Crippen LogP contribution in [-0.4, -0.2) is 6.36 Å². The summed E-state index contributed by atoms with van der Waals surface area (Å²) >= 11 is 0. The molecule has 0 amide bonds. The number of hydrogen-bond acceptors (Lipinski definition) is 6. The van der Waals surface area contributed by atoms with E-state index in [0.717, 1.165) is 23.3 Å². The average molecular weight is 513 g/mol. The third-order valence-electron chi connectivity index (χ3n) is 6.39. The lowest BCUT2D eigenvalue weighted by atomic mass is 9.90. The van der Waals surface area contributed by atoms with Crippen molar-refractivity contribution in [3.8, 4) is 47.2 Å². The minimum atomic E-state index is -4.98. The number of nitriles is 5. The molecule has 9 heteroatoms. The third kappa shape index (κ3) is 3.87. The number of alkyl halides is 3. The number of rotatable bonds is 2. The van der Waals surface area contributed by atoms with Crippen molar-refractivity contribution in [2.75, 3.05) is 0 Å². The van der Waals surface area contributed by atoms with Gasteiger partial charge >= 0.3 is 6.36 Å². The molecule has 3 aromatic carbocycles. The highest BCUT2D eigenvalue weighted by Crippen LogP contribution is 2.52. The summed E-state index contributed by atoms with van der Waals surface area (Å²) in [4.78, 5) is 0. The van der Waals surface area contributed by atoms with E-state index >= 15 is 0 Å². The highest BCUT2D eigenvalue weighted by molar-refractivity contribution is 6.26. The minimum Gasteiger partial charge on any atom is -0.406 e. The second-order valence-electron chi connectivity index (χ2n) is 8.37. The predicted octanol–water partition coefficient (Wildman–Crippen LogP) is 6.66. The van der Waals surface area contributed by atoms with Crippen molar-refractivity contribution < 1.29 is 17.9 Å². The van der Waals surface area contributed by atoms with Crippen LogP contribution in [0.1, 0.15) is 27.8 Å². The quantitative estimate of drug-likeness (QED) is 0.276. The first kappa shape index (κ1) is 24.6. The second-order valence-corrected chi connectivity index (χ2v) is 8.37. The number of nitrogens with zero attached hydrogens (tertiary/aromatic N) is 5. The van der Waals surface area contributed by atoms with Crippen molar-refractivity contribution >= 4 is 22.3 Å². The number of halogens is 3. The van der Waals surface area contributed by atoms with Crippen LogP contribution in [0.5, 0.6) is 5.75 Å². The first-order valence-electron chi connectivity index (χ1n) is 11.1. The summed E-state index contributed by atoms with van der Waals surface area (Å²) in [7, 11) is 0. The number of ether oxygens (including phenoxy) is 1. The largest absolute Gasteiger partial charge is 0.573 e. The van der Waals surface area contributed by atoms with Gasteiger partial charge < -0.3 is 4.74 Å². The van der Waals surface area contributed by atoms with E-state index < -0.39 is 17.7 Å². The van der Waals surface area contributed by atoms with Crippen LogP contribution in [0, 0.1) is 56.7 Å². The standard InChI is InChI=1S/C30H10F3N5O/c31-30(32,33)39-19-6-8-22-25(10-19)29(18(13-36)14-37)28(26(22)15-38)16-5-7-21-20-3-1-2-4-23(20)27(24(21)9-16)17(11-34)12-35/h1-10H. The Morgan fingerprint density at radius 3 is 1.79 bits per heavy atom. The van der Waals surface area contributed by atoms with Gasteiger partial charge in [0.15, 0.2) is 0 Å². The van der Waals surface area contributed by atoms with Crippen molar-refractivity contribution in [2.24, 2.45) is 0 Å². The van der Waals surface area contributed by atoms with Crippen molar-refractivity contribution in [1.29, 1.82) is 26.3 Å². The molecule has 0 spiro atoms. The van der Waals surface area contributed by atoms with Crippen LogP contribution >= 0.6 is 0 Å². The van der Waals surface area contributed by atoms with E-state index in [1.54, 1.807) is 42.5 Å². The van der Waals surface area contributed by atoms with Crippen LogP contribution in [-0.2, 0) is 0 Å². The Bertz CT molecular complexity index is 1900. The van der Waals surface area contributed by atoms with Crippen molar-refractivity contribution in [1.82, 2.24) is 0 Å². The molecular formula is C30H10F3N5O. The van der Waals surface area contributed by atoms with Gasteiger partial charge in [-0.2, -0.15) is 26.3 Å².